The van der Waals surface area contributed by atoms with E-state index in [4.69, 9.17) is 0 Å². The van der Waals surface area contributed by atoms with Crippen molar-refractivity contribution < 1.29 is 14.1 Å². The fourth-order valence-electron chi connectivity index (χ4n) is 2.14. The summed E-state index contributed by atoms with van der Waals surface area (Å²) >= 11 is 0. The summed E-state index contributed by atoms with van der Waals surface area (Å²) in [7, 11) is 0. The molecule has 3 aromatic rings. The number of aromatic nitrogens is 2. The average Bonchev–Trinajstić information content (AvgIpc) is 3.03. The van der Waals surface area contributed by atoms with E-state index in [1.54, 1.807) is 12.1 Å². The minimum absolute atomic E-state index is 0.0487. The molecule has 24 heavy (non-hydrogen) atoms. The summed E-state index contributed by atoms with van der Waals surface area (Å²) in [5, 5.41) is 20.0. The van der Waals surface area contributed by atoms with Crippen LogP contribution in [0.15, 0.2) is 54.6 Å². The Morgan fingerprint density at radius 3 is 2.71 bits per heavy atom. The van der Waals surface area contributed by atoms with Crippen LogP contribution in [0.25, 0.3) is 11.3 Å². The molecule has 0 atom stereocenters. The smallest absolute Gasteiger partial charge is 0.270 e. The van der Waals surface area contributed by atoms with Crippen molar-refractivity contribution in [3.8, 4) is 11.3 Å². The summed E-state index contributed by atoms with van der Waals surface area (Å²) < 4.78 is 13.1. The van der Waals surface area contributed by atoms with E-state index in [0.717, 1.165) is 6.07 Å². The molecule has 0 unspecified atom stereocenters. The fourth-order valence-corrected chi connectivity index (χ4v) is 2.14. The Labute approximate surface area is 135 Å². The van der Waals surface area contributed by atoms with Crippen LogP contribution in [0.2, 0.25) is 0 Å². The zero-order valence-electron chi connectivity index (χ0n) is 12.2. The first-order chi connectivity index (χ1) is 11.5. The number of carbonyl (C=O) groups is 1. The third kappa shape index (κ3) is 3.27. The van der Waals surface area contributed by atoms with Crippen LogP contribution < -0.4 is 5.32 Å². The SMILES string of the molecule is O=C(Nc1cc(-c2cccc([N+](=O)[O-])c2)[nH]n1)c1cccc(F)c1. The molecule has 0 fully saturated rings. The van der Waals surface area contributed by atoms with Crippen molar-refractivity contribution in [3.63, 3.8) is 0 Å². The zero-order chi connectivity index (χ0) is 17.1. The highest BCUT2D eigenvalue weighted by Crippen LogP contribution is 2.24. The molecule has 1 heterocycles. The number of nitrogens with zero attached hydrogens (tertiary/aromatic N) is 2. The molecular weight excluding hydrogens is 315 g/mol. The monoisotopic (exact) mass is 326 g/mol. The topological polar surface area (TPSA) is 101 Å². The molecule has 8 heteroatoms. The van der Waals surface area contributed by atoms with E-state index in [1.807, 2.05) is 0 Å². The van der Waals surface area contributed by atoms with Crippen molar-refractivity contribution >= 4 is 17.4 Å². The van der Waals surface area contributed by atoms with Crippen LogP contribution in [0, 0.1) is 15.9 Å². The van der Waals surface area contributed by atoms with E-state index >= 15 is 0 Å². The number of benzene rings is 2. The number of nitro benzene ring substituents is 1. The van der Waals surface area contributed by atoms with Gasteiger partial charge in [0.25, 0.3) is 11.6 Å². The van der Waals surface area contributed by atoms with E-state index in [2.05, 4.69) is 15.5 Å². The summed E-state index contributed by atoms with van der Waals surface area (Å²) in [6.07, 6.45) is 0. The van der Waals surface area contributed by atoms with E-state index < -0.39 is 16.6 Å². The molecule has 1 aromatic heterocycles. The van der Waals surface area contributed by atoms with Crippen molar-refractivity contribution in [2.45, 2.75) is 0 Å². The van der Waals surface area contributed by atoms with Gasteiger partial charge in [0.05, 0.1) is 10.6 Å². The lowest BCUT2D eigenvalue weighted by atomic mass is 10.1. The number of non-ortho nitro benzene ring substituents is 1. The Morgan fingerprint density at radius 1 is 1.17 bits per heavy atom. The maximum absolute atomic E-state index is 13.1. The van der Waals surface area contributed by atoms with Crippen LogP contribution in [-0.4, -0.2) is 21.0 Å². The molecule has 0 aliphatic carbocycles. The maximum Gasteiger partial charge on any atom is 0.270 e. The Kier molecular flexibility index (Phi) is 4.02. The van der Waals surface area contributed by atoms with Crippen molar-refractivity contribution in [1.82, 2.24) is 10.2 Å². The van der Waals surface area contributed by atoms with E-state index in [1.165, 1.54) is 36.4 Å². The quantitative estimate of drug-likeness (QED) is 0.567. The Hall–Kier alpha value is -3.55. The second-order valence-electron chi connectivity index (χ2n) is 4.94. The van der Waals surface area contributed by atoms with Crippen molar-refractivity contribution in [3.05, 3.63) is 76.1 Å². The van der Waals surface area contributed by atoms with E-state index in [0.29, 0.717) is 11.3 Å². The van der Waals surface area contributed by atoms with Gasteiger partial charge in [-0.1, -0.05) is 18.2 Å². The van der Waals surface area contributed by atoms with Gasteiger partial charge in [-0.2, -0.15) is 5.10 Å². The van der Waals surface area contributed by atoms with Crippen LogP contribution in [0.4, 0.5) is 15.9 Å². The van der Waals surface area contributed by atoms with Gasteiger partial charge in [-0.3, -0.25) is 20.0 Å². The number of aromatic amines is 1. The maximum atomic E-state index is 13.1. The zero-order valence-corrected chi connectivity index (χ0v) is 12.2. The largest absolute Gasteiger partial charge is 0.305 e. The van der Waals surface area contributed by atoms with Crippen LogP contribution >= 0.6 is 0 Å². The summed E-state index contributed by atoms with van der Waals surface area (Å²) in [4.78, 5) is 22.4. The second-order valence-corrected chi connectivity index (χ2v) is 4.94. The molecule has 0 aliphatic rings. The highest BCUT2D eigenvalue weighted by Gasteiger charge is 2.12. The minimum atomic E-state index is -0.512. The fraction of sp³-hybridized carbons (Fsp3) is 0. The Bertz CT molecular complexity index is 923. The standard InChI is InChI=1S/C16H11FN4O3/c17-12-5-1-4-11(7-12)16(22)18-15-9-14(19-20-15)10-3-2-6-13(8-10)21(23)24/h1-9H,(H2,18,19,20,22). The summed E-state index contributed by atoms with van der Waals surface area (Å²) in [5.74, 6) is -0.792. The molecule has 2 N–H and O–H groups in total. The van der Waals surface area contributed by atoms with Gasteiger partial charge in [-0.15, -0.1) is 0 Å². The van der Waals surface area contributed by atoms with Crippen LogP contribution in [0.1, 0.15) is 10.4 Å². The lowest BCUT2D eigenvalue weighted by Crippen LogP contribution is -2.12. The predicted molar refractivity (Wildman–Crippen MR) is 85.0 cm³/mol. The number of halogens is 1. The number of rotatable bonds is 4. The molecule has 2 aromatic carbocycles. The first kappa shape index (κ1) is 15.3. The molecule has 0 radical (unpaired) electrons. The summed E-state index contributed by atoms with van der Waals surface area (Å²) in [6.45, 7) is 0. The highest BCUT2D eigenvalue weighted by molar-refractivity contribution is 6.03. The van der Waals surface area contributed by atoms with Crippen molar-refractivity contribution in [1.29, 1.82) is 0 Å². The number of nitrogens with one attached hydrogen (secondary N) is 2. The molecule has 0 saturated carbocycles. The number of H-pyrrole nitrogens is 1. The number of carbonyl (C=O) groups excluding carboxylic acids is 1. The van der Waals surface area contributed by atoms with Gasteiger partial charge in [0, 0.05) is 29.3 Å². The van der Waals surface area contributed by atoms with Gasteiger partial charge >= 0.3 is 0 Å². The summed E-state index contributed by atoms with van der Waals surface area (Å²) in [6, 6.07) is 12.8. The van der Waals surface area contributed by atoms with Gasteiger partial charge < -0.3 is 5.32 Å². The molecule has 0 bridgehead atoms. The van der Waals surface area contributed by atoms with E-state index in [-0.39, 0.29) is 17.1 Å². The van der Waals surface area contributed by atoms with Gasteiger partial charge in [0.15, 0.2) is 5.82 Å². The molecule has 1 amide bonds. The Balaban J connectivity index is 1.80. The highest BCUT2D eigenvalue weighted by atomic mass is 19.1. The molecule has 0 saturated heterocycles. The predicted octanol–water partition coefficient (Wildman–Crippen LogP) is 3.38. The first-order valence-electron chi connectivity index (χ1n) is 6.90. The van der Waals surface area contributed by atoms with Gasteiger partial charge in [-0.25, -0.2) is 4.39 Å². The van der Waals surface area contributed by atoms with Crippen LogP contribution in [0.5, 0.6) is 0 Å². The Morgan fingerprint density at radius 2 is 1.96 bits per heavy atom. The minimum Gasteiger partial charge on any atom is -0.305 e. The van der Waals surface area contributed by atoms with Crippen LogP contribution in [0.3, 0.4) is 0 Å². The van der Waals surface area contributed by atoms with Gasteiger partial charge in [0.1, 0.15) is 5.82 Å². The summed E-state index contributed by atoms with van der Waals surface area (Å²) in [5.41, 5.74) is 1.18. The lowest BCUT2D eigenvalue weighted by molar-refractivity contribution is -0.384. The van der Waals surface area contributed by atoms with Crippen molar-refractivity contribution in [2.75, 3.05) is 5.32 Å². The first-order valence-corrected chi connectivity index (χ1v) is 6.90. The average molecular weight is 326 g/mol. The molecule has 0 spiro atoms. The van der Waals surface area contributed by atoms with Gasteiger partial charge in [-0.05, 0) is 18.2 Å². The number of hydrogen-bond acceptors (Lipinski definition) is 4. The number of amides is 1. The van der Waals surface area contributed by atoms with E-state index in [9.17, 15) is 19.3 Å². The third-order valence-corrected chi connectivity index (χ3v) is 3.27. The molecule has 3 rings (SSSR count). The van der Waals surface area contributed by atoms with Crippen LogP contribution in [-0.2, 0) is 0 Å². The normalized spacial score (nSPS) is 10.4. The van der Waals surface area contributed by atoms with Crippen molar-refractivity contribution in [2.24, 2.45) is 0 Å². The molecule has 0 aliphatic heterocycles. The number of nitro groups is 1. The molecule has 120 valence electrons. The second kappa shape index (κ2) is 6.29. The van der Waals surface area contributed by atoms with Gasteiger partial charge in [0.2, 0.25) is 0 Å². The molecule has 7 nitrogen and oxygen atoms in total. The lowest BCUT2D eigenvalue weighted by Gasteiger charge is -2.01. The number of anilines is 1. The third-order valence-electron chi connectivity index (χ3n) is 3.27. The number of hydrogen-bond donors (Lipinski definition) is 2. The molecular formula is C16H11FN4O3.